The first kappa shape index (κ1) is 27.0. The lowest BCUT2D eigenvalue weighted by Crippen LogP contribution is -2.67. The van der Waals surface area contributed by atoms with Gasteiger partial charge in [0.25, 0.3) is 8.32 Å². The molecule has 2 aliphatic rings. The topological polar surface area (TPSA) is 74.2 Å². The molecule has 2 saturated heterocycles. The summed E-state index contributed by atoms with van der Waals surface area (Å²) in [6.07, 6.45) is -1.17. The number of cyclic esters (lactones) is 1. The van der Waals surface area contributed by atoms with Gasteiger partial charge in [-0.1, -0.05) is 95.3 Å². The van der Waals surface area contributed by atoms with Crippen LogP contribution in [0, 0.1) is 17.3 Å². The monoisotopic (exact) mass is 512 g/mol. The molecule has 196 valence electrons. The first-order valence-electron chi connectivity index (χ1n) is 12.8. The second kappa shape index (κ2) is 9.69. The van der Waals surface area contributed by atoms with E-state index in [4.69, 9.17) is 18.6 Å². The summed E-state index contributed by atoms with van der Waals surface area (Å²) < 4.78 is 25.5. The molecule has 2 aromatic carbocycles. The molecule has 2 aromatic rings. The van der Waals surface area contributed by atoms with Gasteiger partial charge in [0.2, 0.25) is 0 Å². The molecule has 0 unspecified atom stereocenters. The van der Waals surface area contributed by atoms with E-state index in [0.717, 1.165) is 0 Å². The Morgan fingerprint density at radius 3 is 1.94 bits per heavy atom. The van der Waals surface area contributed by atoms with Crippen LogP contribution < -0.4 is 10.4 Å². The number of aliphatic hydroxyl groups excluding tert-OH is 1. The maximum absolute atomic E-state index is 13.2. The average molecular weight is 513 g/mol. The van der Waals surface area contributed by atoms with E-state index in [1.165, 1.54) is 10.4 Å². The third-order valence-electron chi connectivity index (χ3n) is 8.32. The molecule has 0 saturated carbocycles. The molecule has 0 bridgehead atoms. The Labute approximate surface area is 216 Å². The van der Waals surface area contributed by atoms with Crippen LogP contribution in [0.1, 0.15) is 41.5 Å². The third-order valence-corrected chi connectivity index (χ3v) is 13.3. The molecule has 2 heterocycles. The molecule has 1 N–H and O–H groups in total. The van der Waals surface area contributed by atoms with Gasteiger partial charge in [-0.15, -0.1) is 0 Å². The van der Waals surface area contributed by atoms with E-state index in [-0.39, 0.29) is 24.2 Å². The average Bonchev–Trinajstić information content (AvgIpc) is 3.28. The van der Waals surface area contributed by atoms with Crippen molar-refractivity contribution in [3.8, 4) is 0 Å². The van der Waals surface area contributed by atoms with Gasteiger partial charge >= 0.3 is 5.97 Å². The van der Waals surface area contributed by atoms with Crippen LogP contribution in [0.2, 0.25) is 5.04 Å². The number of carbonyl (C=O) groups is 1. The number of ether oxygens (including phenoxy) is 3. The number of benzene rings is 2. The number of esters is 1. The number of methoxy groups -OCH3 is 1. The number of hydrogen-bond acceptors (Lipinski definition) is 6. The Balaban J connectivity index is 1.81. The van der Waals surface area contributed by atoms with Crippen molar-refractivity contribution >= 4 is 24.7 Å². The Bertz CT molecular complexity index is 1010. The number of rotatable bonds is 8. The standard InChI is InChI=1S/C29H40O6Si/c1-20(2)29(32-7)28(6)25(23(18-30)34-26(28)31)24(35-29)19-33-36(27(3,4)5,21-14-10-8-11-15-21)22-16-12-9-13-17-22/h8-17,20,23-25,30H,18-19H2,1-7H3/t23-,24+,25+,28-,29-/m1/s1. The lowest BCUT2D eigenvalue weighted by Gasteiger charge is -2.44. The van der Waals surface area contributed by atoms with Gasteiger partial charge in [-0.2, -0.15) is 0 Å². The van der Waals surface area contributed by atoms with Crippen molar-refractivity contribution in [1.82, 2.24) is 0 Å². The predicted octanol–water partition coefficient (Wildman–Crippen LogP) is 3.50. The normalized spacial score (nSPS) is 30.5. The van der Waals surface area contributed by atoms with Crippen LogP contribution in [0.5, 0.6) is 0 Å². The highest BCUT2D eigenvalue weighted by atomic mass is 28.4. The summed E-state index contributed by atoms with van der Waals surface area (Å²) >= 11 is 0. The van der Waals surface area contributed by atoms with Crippen molar-refractivity contribution in [1.29, 1.82) is 0 Å². The summed E-state index contributed by atoms with van der Waals surface area (Å²) in [5.41, 5.74) is -1.07. The molecule has 0 aromatic heterocycles. The number of hydrogen-bond donors (Lipinski definition) is 1. The molecule has 0 radical (unpaired) electrons. The van der Waals surface area contributed by atoms with Crippen molar-refractivity contribution in [2.45, 2.75) is 64.6 Å². The Kier molecular flexibility index (Phi) is 7.27. The van der Waals surface area contributed by atoms with Gasteiger partial charge in [-0.3, -0.25) is 4.79 Å². The highest BCUT2D eigenvalue weighted by Gasteiger charge is 2.75. The molecule has 0 aliphatic carbocycles. The Morgan fingerprint density at radius 2 is 1.53 bits per heavy atom. The van der Waals surface area contributed by atoms with Gasteiger partial charge in [0.1, 0.15) is 11.5 Å². The molecule has 36 heavy (non-hydrogen) atoms. The van der Waals surface area contributed by atoms with Crippen LogP contribution in [-0.2, 0) is 23.4 Å². The van der Waals surface area contributed by atoms with Crippen LogP contribution in [0.25, 0.3) is 0 Å². The summed E-state index contributed by atoms with van der Waals surface area (Å²) in [5.74, 6) is -2.11. The minimum absolute atomic E-state index is 0.127. The van der Waals surface area contributed by atoms with Crippen LogP contribution in [0.3, 0.4) is 0 Å². The quantitative estimate of drug-likeness (QED) is 0.431. The van der Waals surface area contributed by atoms with E-state index in [1.54, 1.807) is 7.11 Å². The van der Waals surface area contributed by atoms with Gasteiger partial charge in [0, 0.05) is 18.9 Å². The fraction of sp³-hybridized carbons (Fsp3) is 0.552. The van der Waals surface area contributed by atoms with E-state index >= 15 is 0 Å². The largest absolute Gasteiger partial charge is 0.459 e. The molecule has 2 fully saturated rings. The predicted molar refractivity (Wildman–Crippen MR) is 142 cm³/mol. The summed E-state index contributed by atoms with van der Waals surface area (Å²) in [7, 11) is -1.25. The van der Waals surface area contributed by atoms with Crippen molar-refractivity contribution in [3.05, 3.63) is 60.7 Å². The SMILES string of the molecule is CO[C@]1(C(C)C)O[C@@H](CO[Si](c2ccccc2)(c2ccccc2)C(C)(C)C)[C@@H]2[C@@H](CO)OC(=O)[C@@]21C. The van der Waals surface area contributed by atoms with Crippen molar-refractivity contribution in [2.24, 2.45) is 17.3 Å². The second-order valence-corrected chi connectivity index (χ2v) is 15.8. The molecule has 0 spiro atoms. The molecule has 6 nitrogen and oxygen atoms in total. The summed E-state index contributed by atoms with van der Waals surface area (Å²) in [5, 5.41) is 12.3. The van der Waals surface area contributed by atoms with E-state index in [9.17, 15) is 9.90 Å². The molecule has 5 atom stereocenters. The zero-order chi connectivity index (χ0) is 26.4. The zero-order valence-electron chi connectivity index (χ0n) is 22.5. The fourth-order valence-corrected chi connectivity index (χ4v) is 11.3. The van der Waals surface area contributed by atoms with Gasteiger partial charge in [-0.25, -0.2) is 0 Å². The summed E-state index contributed by atoms with van der Waals surface area (Å²) in [4.78, 5) is 13.2. The van der Waals surface area contributed by atoms with Crippen LogP contribution in [-0.4, -0.2) is 57.7 Å². The van der Waals surface area contributed by atoms with Gasteiger partial charge < -0.3 is 23.7 Å². The second-order valence-electron chi connectivity index (χ2n) is 11.5. The first-order chi connectivity index (χ1) is 17.0. The lowest BCUT2D eigenvalue weighted by molar-refractivity contribution is -0.278. The summed E-state index contributed by atoms with van der Waals surface area (Å²) in [6.45, 7) is 12.5. The maximum Gasteiger partial charge on any atom is 0.318 e. The Morgan fingerprint density at radius 1 is 1.00 bits per heavy atom. The lowest BCUT2D eigenvalue weighted by atomic mass is 9.67. The highest BCUT2D eigenvalue weighted by molar-refractivity contribution is 6.99. The maximum atomic E-state index is 13.2. The molecular formula is C29H40O6Si. The van der Waals surface area contributed by atoms with Crippen LogP contribution in [0.15, 0.2) is 60.7 Å². The third kappa shape index (κ3) is 3.79. The van der Waals surface area contributed by atoms with E-state index in [1.807, 2.05) is 32.9 Å². The van der Waals surface area contributed by atoms with Crippen LogP contribution in [0.4, 0.5) is 0 Å². The van der Waals surface area contributed by atoms with Crippen molar-refractivity contribution < 1.29 is 28.5 Å². The molecule has 0 amide bonds. The van der Waals surface area contributed by atoms with Crippen molar-refractivity contribution in [3.63, 3.8) is 0 Å². The number of carbonyl (C=O) groups excluding carboxylic acids is 1. The Hall–Kier alpha value is -2.03. The molecule has 2 aliphatic heterocycles. The van der Waals surface area contributed by atoms with Crippen molar-refractivity contribution in [2.75, 3.05) is 20.3 Å². The van der Waals surface area contributed by atoms with Gasteiger partial charge in [0.15, 0.2) is 5.79 Å². The van der Waals surface area contributed by atoms with Gasteiger partial charge in [-0.05, 0) is 22.3 Å². The number of aliphatic hydroxyl groups is 1. The van der Waals surface area contributed by atoms with Gasteiger partial charge in [0.05, 0.1) is 19.3 Å². The fourth-order valence-electron chi connectivity index (χ4n) is 6.74. The van der Waals surface area contributed by atoms with E-state index in [2.05, 4.69) is 69.3 Å². The van der Waals surface area contributed by atoms with E-state index < -0.39 is 43.6 Å². The smallest absolute Gasteiger partial charge is 0.318 e. The molecular weight excluding hydrogens is 472 g/mol. The van der Waals surface area contributed by atoms with Crippen LogP contribution >= 0.6 is 0 Å². The minimum atomic E-state index is -2.83. The molecule has 7 heteroatoms. The molecule has 4 rings (SSSR count). The highest BCUT2D eigenvalue weighted by Crippen LogP contribution is 2.60. The zero-order valence-corrected chi connectivity index (χ0v) is 23.5. The minimum Gasteiger partial charge on any atom is -0.459 e. The van der Waals surface area contributed by atoms with E-state index in [0.29, 0.717) is 0 Å². The first-order valence-corrected chi connectivity index (χ1v) is 14.7. The number of fused-ring (bicyclic) bond motifs is 1. The summed E-state index contributed by atoms with van der Waals surface area (Å²) in [6, 6.07) is 20.8.